The lowest BCUT2D eigenvalue weighted by Gasteiger charge is -2.60. The Balaban J connectivity index is 0.000000197. The van der Waals surface area contributed by atoms with Crippen LogP contribution in [0.15, 0.2) is 72.9 Å². The van der Waals surface area contributed by atoms with Crippen LogP contribution in [0.25, 0.3) is 0 Å². The van der Waals surface area contributed by atoms with E-state index < -0.39 is 64.8 Å². The van der Waals surface area contributed by atoms with Crippen LogP contribution in [0.1, 0.15) is 179 Å². The third-order valence-electron chi connectivity index (χ3n) is 18.2. The van der Waals surface area contributed by atoms with Crippen LogP contribution in [-0.2, 0) is 81.0 Å². The maximum atomic E-state index is 13.9. The van der Waals surface area contributed by atoms with E-state index in [2.05, 4.69) is 60.6 Å². The molecule has 12 aliphatic rings. The number of hydrogen-bond acceptors (Lipinski definition) is 18. The number of fused-ring (bicyclic) bond motifs is 1. The van der Waals surface area contributed by atoms with Gasteiger partial charge in [-0.2, -0.15) is 8.78 Å². The Kier molecular flexibility index (Phi) is 23.8. The Hall–Kier alpha value is -6.51. The van der Waals surface area contributed by atoms with Crippen molar-refractivity contribution < 1.29 is 100 Å². The zero-order valence-electron chi connectivity index (χ0n) is 53.4. The second-order valence-electron chi connectivity index (χ2n) is 27.3. The Morgan fingerprint density at radius 3 is 1.53 bits per heavy atom. The third-order valence-corrected chi connectivity index (χ3v) is 18.2. The van der Waals surface area contributed by atoms with Crippen LogP contribution in [0.4, 0.5) is 8.78 Å². The summed E-state index contributed by atoms with van der Waals surface area (Å²) in [5.41, 5.74) is -0.342. The number of halogens is 2. The minimum atomic E-state index is -3.90. The number of ether oxygens (including phenoxy) is 8. The van der Waals surface area contributed by atoms with Crippen LogP contribution in [-0.4, -0.2) is 123 Å². The van der Waals surface area contributed by atoms with E-state index in [9.17, 15) is 57.0 Å². The number of cyclic esters (lactones) is 1. The molecule has 9 atom stereocenters. The van der Waals surface area contributed by atoms with E-state index in [0.29, 0.717) is 65.8 Å². The number of hydrogen-bond donors (Lipinski definition) is 2. The van der Waals surface area contributed by atoms with Gasteiger partial charge in [-0.25, -0.2) is 38.4 Å². The quantitative estimate of drug-likeness (QED) is 0.0876. The van der Waals surface area contributed by atoms with Crippen LogP contribution < -0.4 is 0 Å². The Morgan fingerprint density at radius 2 is 1.11 bits per heavy atom. The van der Waals surface area contributed by atoms with Crippen LogP contribution in [0, 0.1) is 53.3 Å². The van der Waals surface area contributed by atoms with E-state index in [0.717, 1.165) is 56.8 Å². The predicted molar refractivity (Wildman–Crippen MR) is 317 cm³/mol. The van der Waals surface area contributed by atoms with E-state index in [4.69, 9.17) is 28.8 Å². The van der Waals surface area contributed by atoms with Gasteiger partial charge in [0.25, 0.3) is 0 Å². The first-order chi connectivity index (χ1) is 40.7. The summed E-state index contributed by atoms with van der Waals surface area (Å²) in [4.78, 5) is 101. The van der Waals surface area contributed by atoms with E-state index in [1.165, 1.54) is 87.0 Å². The standard InChI is InChI=1S/C16H24O2.C14H20O3.C13H20F2O4.C12H14O4.C8H10O4.C4H6O2/c1-4-16(18-15(17)10(2)3)13-6-11-5-12(8-13)9-14(16)7-11;1-9(2)12(15)17-14-6-10-3-11(7-14)5-13(16,4-10)8-14;1-7-9(18-10(16)8(2)3)13(14,15)11(17)19-12(4,5)6;1-5(2)11(13)15-9-6-3-7-8(4-6)12(14)16-10(7)9;1-5(2)7(9)12-6-3-4-11-8(6)10;1-3(2)4(5)6/h11-14H,2,4-9H2,1,3H3;10-11,16H,1,3-8H2,2H3;9H,2,7H2,1,3-6H3;6-10H,1,3-4H2,2H3;6H,1,3-4H2,2H3;1H2,2H3,(H,5,6). The first-order valence-corrected chi connectivity index (χ1v) is 30.7. The fourth-order valence-corrected chi connectivity index (χ4v) is 14.8. The number of aliphatic hydroxyl groups is 1. The maximum absolute atomic E-state index is 13.9. The number of rotatable bonds is 15. The predicted octanol–water partition coefficient (Wildman–Crippen LogP) is 10.9. The highest BCUT2D eigenvalue weighted by Gasteiger charge is 2.64. The van der Waals surface area contributed by atoms with Crippen molar-refractivity contribution in [1.82, 2.24) is 0 Å². The van der Waals surface area contributed by atoms with Gasteiger partial charge in [0.05, 0.1) is 18.1 Å². The van der Waals surface area contributed by atoms with E-state index in [1.807, 2.05) is 0 Å². The van der Waals surface area contributed by atoms with Gasteiger partial charge in [0.1, 0.15) is 29.0 Å². The van der Waals surface area contributed by atoms with Crippen LogP contribution >= 0.6 is 0 Å². The van der Waals surface area contributed by atoms with Gasteiger partial charge < -0.3 is 48.1 Å². The molecule has 0 spiro atoms. The minimum absolute atomic E-state index is 0.0153. The number of carboxylic acid groups (broad SMARTS) is 1. The Morgan fingerprint density at radius 1 is 0.636 bits per heavy atom. The van der Waals surface area contributed by atoms with Gasteiger partial charge in [0, 0.05) is 58.1 Å². The number of alkyl halides is 2. The van der Waals surface area contributed by atoms with Crippen molar-refractivity contribution >= 4 is 53.7 Å². The van der Waals surface area contributed by atoms with Crippen molar-refractivity contribution in [2.45, 2.75) is 232 Å². The topological polar surface area (TPSA) is 268 Å². The van der Waals surface area contributed by atoms with Gasteiger partial charge >= 0.3 is 59.6 Å². The zero-order valence-corrected chi connectivity index (χ0v) is 53.4. The van der Waals surface area contributed by atoms with Crippen LogP contribution in [0.5, 0.6) is 0 Å². The summed E-state index contributed by atoms with van der Waals surface area (Å²) < 4.78 is 68.6. The summed E-state index contributed by atoms with van der Waals surface area (Å²) in [6.07, 6.45) is 12.0. The van der Waals surface area contributed by atoms with Gasteiger partial charge in [0.15, 0.2) is 6.10 Å². The summed E-state index contributed by atoms with van der Waals surface area (Å²) >= 11 is 0. The first-order valence-electron chi connectivity index (χ1n) is 30.7. The fourth-order valence-electron chi connectivity index (χ4n) is 14.8. The number of carbonyl (C=O) groups is 9. The summed E-state index contributed by atoms with van der Waals surface area (Å²) in [7, 11) is 0. The summed E-state index contributed by atoms with van der Waals surface area (Å²) in [5.74, 6) is -4.69. The summed E-state index contributed by atoms with van der Waals surface area (Å²) in [6.45, 7) is 38.4. The SMILES string of the molecule is C=C(C)C(=O)O.C=C(C)C(=O)OC(CC)C(F)(F)C(=O)OC(C)(C)C.C=C(C)C(=O)OC1(CC)C2CC3CC(C2)CC1C3.C=C(C)C(=O)OC12CC3CC(CC(O)(C3)C1)C2.C=C(C)C(=O)OC1C2CC3C(=O)OC1C3C2.C=C(C)C(=O)OC1CCOC1=O. The molecule has 490 valence electrons. The van der Waals surface area contributed by atoms with Crippen molar-refractivity contribution in [3.63, 3.8) is 0 Å². The molecule has 10 saturated carbocycles. The van der Waals surface area contributed by atoms with Gasteiger partial charge in [-0.1, -0.05) is 53.3 Å². The number of carbonyl (C=O) groups excluding carboxylic acids is 8. The van der Waals surface area contributed by atoms with Crippen LogP contribution in [0.2, 0.25) is 0 Å². The van der Waals surface area contributed by atoms with Gasteiger partial charge in [0.2, 0.25) is 6.10 Å². The molecule has 10 bridgehead atoms. The molecule has 2 aliphatic heterocycles. The third kappa shape index (κ3) is 17.9. The molecule has 2 heterocycles. The molecule has 21 heteroatoms. The van der Waals surface area contributed by atoms with Crippen molar-refractivity contribution in [1.29, 1.82) is 0 Å². The molecular formula is C67H94F2O19. The van der Waals surface area contributed by atoms with Crippen molar-refractivity contribution in [3.8, 4) is 0 Å². The second kappa shape index (κ2) is 29.0. The average Bonchev–Trinajstić information content (AvgIpc) is 1.98. The minimum Gasteiger partial charge on any atom is -0.478 e. The lowest BCUT2D eigenvalue weighted by atomic mass is 9.49. The highest BCUT2D eigenvalue weighted by Crippen LogP contribution is 2.62. The lowest BCUT2D eigenvalue weighted by Crippen LogP contribution is -2.60. The summed E-state index contributed by atoms with van der Waals surface area (Å²) in [6, 6.07) is 0. The van der Waals surface area contributed by atoms with E-state index in [1.54, 1.807) is 20.8 Å². The molecule has 12 fully saturated rings. The smallest absolute Gasteiger partial charge is 0.381 e. The van der Waals surface area contributed by atoms with E-state index >= 15 is 0 Å². The molecule has 88 heavy (non-hydrogen) atoms. The molecule has 0 aromatic heterocycles. The monoisotopic (exact) mass is 1240 g/mol. The molecule has 2 saturated heterocycles. The van der Waals surface area contributed by atoms with Gasteiger partial charge in [-0.3, -0.25) is 4.79 Å². The molecule has 10 aliphatic carbocycles. The van der Waals surface area contributed by atoms with Crippen LogP contribution in [0.3, 0.4) is 0 Å². The molecule has 12 rings (SSSR count). The highest BCUT2D eigenvalue weighted by molar-refractivity contribution is 5.90. The first kappa shape index (κ1) is 72.2. The summed E-state index contributed by atoms with van der Waals surface area (Å²) in [5, 5.41) is 18.4. The normalized spacial score (nSPS) is 32.6. The lowest BCUT2D eigenvalue weighted by molar-refractivity contribution is -0.217. The van der Waals surface area contributed by atoms with Crippen molar-refractivity contribution in [2.24, 2.45) is 53.3 Å². The molecule has 0 aromatic carbocycles. The number of carboxylic acids is 1. The molecule has 9 unspecified atom stereocenters. The maximum Gasteiger partial charge on any atom is 0.381 e. The molecule has 2 N–H and O–H groups in total. The Labute approximate surface area is 516 Å². The van der Waals surface area contributed by atoms with Crippen molar-refractivity contribution in [3.05, 3.63) is 72.9 Å². The highest BCUT2D eigenvalue weighted by atomic mass is 19.3. The Bertz CT molecular complexity index is 2710. The largest absolute Gasteiger partial charge is 0.478 e. The zero-order chi connectivity index (χ0) is 66.3. The van der Waals surface area contributed by atoms with E-state index in [-0.39, 0.29) is 76.7 Å². The number of esters is 8. The molecule has 0 amide bonds. The molecular weight excluding hydrogens is 1150 g/mol. The fraction of sp³-hybridized carbons (Fsp3) is 0.687. The average molecular weight is 1240 g/mol. The van der Waals surface area contributed by atoms with Gasteiger partial charge in [-0.05, 0) is 188 Å². The molecule has 0 aromatic rings. The number of aliphatic carboxylic acids is 1. The molecule has 19 nitrogen and oxygen atoms in total. The second-order valence-corrected chi connectivity index (χ2v) is 27.3. The van der Waals surface area contributed by atoms with Gasteiger partial charge in [-0.15, -0.1) is 0 Å². The van der Waals surface area contributed by atoms with Crippen molar-refractivity contribution in [2.75, 3.05) is 6.61 Å². The molecule has 0 radical (unpaired) electrons.